The molecule has 2 bridgehead atoms. The molecule has 2 atom stereocenters. The van der Waals surface area contributed by atoms with Crippen LogP contribution in [-0.4, -0.2) is 41.5 Å². The molecular weight excluding hydrogens is 490 g/mol. The molecule has 3 aromatic heterocycles. The highest BCUT2D eigenvalue weighted by Gasteiger charge is 2.65. The molecule has 3 aliphatic rings. The van der Waals surface area contributed by atoms with Crippen LogP contribution in [0.1, 0.15) is 55.4 Å². The highest BCUT2D eigenvalue weighted by atomic mass is 32.2. The van der Waals surface area contributed by atoms with Gasteiger partial charge in [0.25, 0.3) is 0 Å². The molecule has 4 aromatic rings. The smallest absolute Gasteiger partial charge is 0.155 e. The van der Waals surface area contributed by atoms with Crippen molar-refractivity contribution in [2.24, 2.45) is 11.3 Å². The molecular formula is C28H26F2N6S. The van der Waals surface area contributed by atoms with Gasteiger partial charge in [0.15, 0.2) is 11.6 Å². The van der Waals surface area contributed by atoms with Gasteiger partial charge in [-0.3, -0.25) is 0 Å². The Labute approximate surface area is 218 Å². The maximum atomic E-state index is 14.5. The second kappa shape index (κ2) is 8.15. The van der Waals surface area contributed by atoms with Gasteiger partial charge in [-0.2, -0.15) is 16.9 Å². The number of benzene rings is 1. The minimum atomic E-state index is -0.635. The molecule has 188 valence electrons. The van der Waals surface area contributed by atoms with Crippen LogP contribution in [0.15, 0.2) is 48.8 Å². The Morgan fingerprint density at radius 2 is 1.84 bits per heavy atom. The average Bonchev–Trinajstić information content (AvgIpc) is 3.49. The lowest BCUT2D eigenvalue weighted by Gasteiger charge is -2.37. The molecule has 37 heavy (non-hydrogen) atoms. The van der Waals surface area contributed by atoms with E-state index in [0.29, 0.717) is 5.92 Å². The molecule has 0 N–H and O–H groups in total. The van der Waals surface area contributed by atoms with Crippen molar-refractivity contribution in [1.82, 2.24) is 29.9 Å². The van der Waals surface area contributed by atoms with Crippen molar-refractivity contribution in [2.45, 2.75) is 44.4 Å². The summed E-state index contributed by atoms with van der Waals surface area (Å²) in [5.41, 5.74) is 2.25. The summed E-state index contributed by atoms with van der Waals surface area (Å²) in [6.45, 7) is 4.49. The fourth-order valence-corrected chi connectivity index (χ4v) is 7.51. The molecule has 1 saturated carbocycles. The summed E-state index contributed by atoms with van der Waals surface area (Å²) in [5, 5.41) is 13.7. The van der Waals surface area contributed by atoms with Crippen molar-refractivity contribution in [3.63, 3.8) is 0 Å². The molecule has 9 heteroatoms. The standard InChI is InChI=1S/C28H26F2N6S/c1-27(2)18-9-10-28(27,26-17(18)12-21(33-34-26)25-19(29)5-3-6-20(25)30)22-7-4-8-24(32-22)36-15-31-23(35-36)11-16-13-37-14-16/h3-8,12,15-16,18H,9-11,13-14H2,1-2H3/t18-,28-/m0/s1. The van der Waals surface area contributed by atoms with Crippen LogP contribution in [0.4, 0.5) is 8.78 Å². The Bertz CT molecular complexity index is 1510. The zero-order chi connectivity index (χ0) is 25.4. The summed E-state index contributed by atoms with van der Waals surface area (Å²) in [4.78, 5) is 9.62. The van der Waals surface area contributed by atoms with Gasteiger partial charge in [-0.1, -0.05) is 26.0 Å². The maximum absolute atomic E-state index is 14.5. The van der Waals surface area contributed by atoms with E-state index in [0.717, 1.165) is 47.9 Å². The third-order valence-electron chi connectivity index (χ3n) is 8.73. The van der Waals surface area contributed by atoms with Crippen LogP contribution in [0, 0.1) is 23.0 Å². The molecule has 0 amide bonds. The van der Waals surface area contributed by atoms with Crippen LogP contribution in [0.25, 0.3) is 17.1 Å². The van der Waals surface area contributed by atoms with Crippen LogP contribution in [0.5, 0.6) is 0 Å². The van der Waals surface area contributed by atoms with Crippen LogP contribution >= 0.6 is 11.8 Å². The number of halogens is 2. The van der Waals surface area contributed by atoms with E-state index < -0.39 is 17.0 Å². The lowest BCUT2D eigenvalue weighted by atomic mass is 9.66. The number of fused-ring (bicyclic) bond motifs is 5. The van der Waals surface area contributed by atoms with Gasteiger partial charge in [0, 0.05) is 6.42 Å². The number of thioether (sulfide) groups is 1. The van der Waals surface area contributed by atoms with E-state index in [1.54, 1.807) is 11.0 Å². The molecule has 6 nitrogen and oxygen atoms in total. The molecule has 1 saturated heterocycles. The largest absolute Gasteiger partial charge is 0.233 e. The molecule has 1 aromatic carbocycles. The van der Waals surface area contributed by atoms with E-state index in [4.69, 9.17) is 10.1 Å². The summed E-state index contributed by atoms with van der Waals surface area (Å²) in [6.07, 6.45) is 4.47. The van der Waals surface area contributed by atoms with Gasteiger partial charge < -0.3 is 0 Å². The number of aromatic nitrogens is 6. The number of pyridine rings is 1. The first-order valence-corrected chi connectivity index (χ1v) is 13.8. The number of hydrogen-bond acceptors (Lipinski definition) is 6. The minimum Gasteiger partial charge on any atom is -0.233 e. The lowest BCUT2D eigenvalue weighted by Crippen LogP contribution is -2.38. The van der Waals surface area contributed by atoms with Crippen molar-refractivity contribution in [2.75, 3.05) is 11.5 Å². The Hall–Kier alpha value is -3.20. The Kier molecular flexibility index (Phi) is 5.06. The van der Waals surface area contributed by atoms with Crippen molar-refractivity contribution in [3.8, 4) is 17.1 Å². The van der Waals surface area contributed by atoms with E-state index in [9.17, 15) is 8.78 Å². The van der Waals surface area contributed by atoms with E-state index in [2.05, 4.69) is 35.1 Å². The molecule has 0 unspecified atom stereocenters. The molecule has 0 radical (unpaired) electrons. The second-order valence-corrected chi connectivity index (χ2v) is 12.0. The first-order chi connectivity index (χ1) is 17.9. The summed E-state index contributed by atoms with van der Waals surface area (Å²) in [5.74, 6) is 3.50. The molecule has 4 heterocycles. The molecule has 7 rings (SSSR count). The van der Waals surface area contributed by atoms with Gasteiger partial charge in [0.1, 0.15) is 18.0 Å². The fraction of sp³-hybridized carbons (Fsp3) is 0.393. The quantitative estimate of drug-likeness (QED) is 0.349. The predicted molar refractivity (Wildman–Crippen MR) is 138 cm³/mol. The highest BCUT2D eigenvalue weighted by molar-refractivity contribution is 8.00. The van der Waals surface area contributed by atoms with E-state index >= 15 is 0 Å². The zero-order valence-electron chi connectivity index (χ0n) is 20.7. The normalized spacial score (nSPS) is 23.7. The van der Waals surface area contributed by atoms with Gasteiger partial charge >= 0.3 is 0 Å². The summed E-state index contributed by atoms with van der Waals surface area (Å²) in [7, 11) is 0. The molecule has 0 spiro atoms. The number of rotatable bonds is 5. The SMILES string of the molecule is CC1(C)[C@H]2CC[C@]1(c1cccc(-n3cnc(CC4CSC4)n3)n1)c1nnc(-c3c(F)cccc3F)cc12. The van der Waals surface area contributed by atoms with Crippen LogP contribution in [-0.2, 0) is 11.8 Å². The topological polar surface area (TPSA) is 69.4 Å². The van der Waals surface area contributed by atoms with Gasteiger partial charge in [0.05, 0.1) is 28.1 Å². The molecule has 2 aliphatic carbocycles. The van der Waals surface area contributed by atoms with Gasteiger partial charge in [-0.05, 0) is 77.5 Å². The minimum absolute atomic E-state index is 0.130. The first kappa shape index (κ1) is 23.0. The van der Waals surface area contributed by atoms with Crippen LogP contribution in [0.2, 0.25) is 0 Å². The van der Waals surface area contributed by atoms with Crippen molar-refractivity contribution >= 4 is 11.8 Å². The second-order valence-electron chi connectivity index (χ2n) is 10.9. The van der Waals surface area contributed by atoms with Crippen molar-refractivity contribution in [1.29, 1.82) is 0 Å². The number of hydrogen-bond donors (Lipinski definition) is 0. The van der Waals surface area contributed by atoms with Gasteiger partial charge in [-0.15, -0.1) is 10.2 Å². The Morgan fingerprint density at radius 1 is 1.05 bits per heavy atom. The molecule has 1 aliphatic heterocycles. The third kappa shape index (κ3) is 3.25. The zero-order valence-corrected chi connectivity index (χ0v) is 21.5. The predicted octanol–water partition coefficient (Wildman–Crippen LogP) is 5.51. The van der Waals surface area contributed by atoms with E-state index in [-0.39, 0.29) is 22.6 Å². The molecule has 2 fully saturated rings. The van der Waals surface area contributed by atoms with E-state index in [1.807, 2.05) is 30.0 Å². The van der Waals surface area contributed by atoms with E-state index in [1.165, 1.54) is 29.7 Å². The maximum Gasteiger partial charge on any atom is 0.155 e. The lowest BCUT2D eigenvalue weighted by molar-refractivity contribution is 0.242. The highest BCUT2D eigenvalue weighted by Crippen LogP contribution is 2.69. The monoisotopic (exact) mass is 516 g/mol. The van der Waals surface area contributed by atoms with Crippen molar-refractivity contribution < 1.29 is 8.78 Å². The van der Waals surface area contributed by atoms with Gasteiger partial charge in [0.2, 0.25) is 0 Å². The summed E-state index contributed by atoms with van der Waals surface area (Å²) in [6, 6.07) is 11.7. The van der Waals surface area contributed by atoms with Crippen LogP contribution < -0.4 is 0 Å². The number of nitrogens with zero attached hydrogens (tertiary/aromatic N) is 6. The van der Waals surface area contributed by atoms with Gasteiger partial charge in [-0.25, -0.2) is 23.4 Å². The summed E-state index contributed by atoms with van der Waals surface area (Å²) >= 11 is 1.96. The average molecular weight is 517 g/mol. The summed E-state index contributed by atoms with van der Waals surface area (Å²) < 4.78 is 30.8. The van der Waals surface area contributed by atoms with Crippen molar-refractivity contribution in [3.05, 3.63) is 83.2 Å². The third-order valence-corrected chi connectivity index (χ3v) is 10.1. The van der Waals surface area contributed by atoms with Crippen LogP contribution in [0.3, 0.4) is 0 Å². The Balaban J connectivity index is 1.30. The first-order valence-electron chi connectivity index (χ1n) is 12.7. The fourth-order valence-electron chi connectivity index (χ4n) is 6.71. The Morgan fingerprint density at radius 3 is 2.59 bits per heavy atom.